The molecule has 0 aromatic heterocycles. The minimum atomic E-state index is 0. The van der Waals surface area contributed by atoms with E-state index in [1.54, 1.807) is 0 Å². The van der Waals surface area contributed by atoms with Crippen molar-refractivity contribution in [2.75, 3.05) is 47.0 Å². The summed E-state index contributed by atoms with van der Waals surface area (Å²) in [6.07, 6.45) is 55.1. The molecule has 0 spiro atoms. The van der Waals surface area contributed by atoms with Crippen LogP contribution in [0.5, 0.6) is 0 Å². The van der Waals surface area contributed by atoms with Gasteiger partial charge < -0.3 is 31.2 Å². The van der Waals surface area contributed by atoms with Crippen LogP contribution in [0.2, 0.25) is 0 Å². The lowest BCUT2D eigenvalue weighted by atomic mass is 10.1. The summed E-state index contributed by atoms with van der Waals surface area (Å²) in [5.74, 6) is 0. The summed E-state index contributed by atoms with van der Waals surface area (Å²) in [6.45, 7) is 9.23. The molecular weight excluding hydrogens is 686 g/mol. The minimum Gasteiger partial charge on any atom is -1.00 e. The number of hydrogen-bond donors (Lipinski definition) is 0. The molecule has 0 aromatic carbocycles. The number of ether oxygens (including phenoxy) is 2. The van der Waals surface area contributed by atoms with Gasteiger partial charge in [0.05, 0.1) is 27.2 Å². The van der Waals surface area contributed by atoms with Crippen LogP contribution in [-0.2, 0) is 14.3 Å². The molecule has 0 saturated carbocycles. The lowest BCUT2D eigenvalue weighted by Gasteiger charge is -2.33. The van der Waals surface area contributed by atoms with Crippen LogP contribution in [0.1, 0.15) is 232 Å². The van der Waals surface area contributed by atoms with Crippen molar-refractivity contribution in [2.45, 2.75) is 238 Å². The van der Waals surface area contributed by atoms with Crippen molar-refractivity contribution in [1.29, 1.82) is 0 Å². The lowest BCUT2D eigenvalue weighted by molar-refractivity contribution is -0.893. The van der Waals surface area contributed by atoms with Gasteiger partial charge in [-0.05, 0) is 83.5 Å². The van der Waals surface area contributed by atoms with E-state index in [4.69, 9.17) is 9.47 Å². The van der Waals surface area contributed by atoms with Gasteiger partial charge in [-0.1, -0.05) is 167 Å². The van der Waals surface area contributed by atoms with Crippen LogP contribution in [0.15, 0.2) is 24.3 Å². The number of nitrogens with zero attached hydrogens (tertiary/aromatic N) is 1. The Morgan fingerprint density at radius 3 is 1.22 bits per heavy atom. The van der Waals surface area contributed by atoms with Gasteiger partial charge in [0.15, 0.2) is 0 Å². The van der Waals surface area contributed by atoms with E-state index in [9.17, 15) is 4.79 Å². The van der Waals surface area contributed by atoms with Crippen LogP contribution in [0.3, 0.4) is 0 Å². The van der Waals surface area contributed by atoms with Gasteiger partial charge in [-0.2, -0.15) is 0 Å². The smallest absolute Gasteiger partial charge is 0.130 e. The largest absolute Gasteiger partial charge is 1.00 e. The van der Waals surface area contributed by atoms with Crippen molar-refractivity contribution in [1.82, 2.24) is 0 Å². The number of aldehydes is 1. The zero-order valence-corrected chi connectivity index (χ0v) is 37.8. The maximum Gasteiger partial charge on any atom is 0.130 e. The summed E-state index contributed by atoms with van der Waals surface area (Å²) in [7, 11) is 4.72. The Morgan fingerprint density at radius 2 is 0.796 bits per heavy atom. The molecule has 0 amide bonds. The normalized spacial score (nSPS) is 12.6. The van der Waals surface area contributed by atoms with E-state index in [1.165, 1.54) is 206 Å². The Bertz CT molecular complexity index is 770. The molecule has 0 aliphatic rings. The fourth-order valence-corrected chi connectivity index (χ4v) is 7.36. The number of carbonyl (C=O) groups is 1. The number of halogens is 1. The first kappa shape index (κ1) is 55.4. The average Bonchev–Trinajstić information content (AvgIpc) is 3.15. The van der Waals surface area contributed by atoms with E-state index in [-0.39, 0.29) is 18.5 Å². The summed E-state index contributed by atoms with van der Waals surface area (Å²) >= 11 is 0. The topological polar surface area (TPSA) is 35.5 Å². The maximum atomic E-state index is 10.6. The fraction of sp³-hybridized carbons (Fsp3) is 0.898. The molecule has 1 atom stereocenters. The second-order valence-electron chi connectivity index (χ2n) is 17.0. The fourth-order valence-electron chi connectivity index (χ4n) is 7.36. The van der Waals surface area contributed by atoms with Gasteiger partial charge in [-0.25, -0.2) is 0 Å². The number of unbranched alkanes of at least 4 members (excludes halogenated alkanes) is 29. The minimum absolute atomic E-state index is 0. The maximum absolute atomic E-state index is 10.6. The molecule has 0 rings (SSSR count). The first-order chi connectivity index (χ1) is 26.1. The molecule has 0 aromatic rings. The number of allylic oxidation sites excluding steroid dienone is 4. The molecule has 0 saturated heterocycles. The summed E-state index contributed by atoms with van der Waals surface area (Å²) in [5, 5.41) is 0. The molecule has 0 aliphatic heterocycles. The number of likely N-dealkylation sites (N-methyl/N-ethyl adjacent to an activating group) is 1. The highest BCUT2D eigenvalue weighted by molar-refractivity contribution is 5.48. The van der Waals surface area contributed by atoms with E-state index in [1.807, 2.05) is 0 Å². The molecule has 0 bridgehead atoms. The SMILES string of the molecule is CCCCCCCC/C=C\CCCCCCCCOCC(C[N+](C)(C)CCCCCCCC=O)OCCCCCCCC/C=C\CCCCCCCC.[Cl-]. The summed E-state index contributed by atoms with van der Waals surface area (Å²) in [6, 6.07) is 0. The lowest BCUT2D eigenvalue weighted by Crippen LogP contribution is -3.00. The van der Waals surface area contributed by atoms with E-state index < -0.39 is 0 Å². The Labute approximate surface area is 345 Å². The van der Waals surface area contributed by atoms with E-state index in [0.717, 1.165) is 56.4 Å². The van der Waals surface area contributed by atoms with Gasteiger partial charge in [0.25, 0.3) is 0 Å². The highest BCUT2D eigenvalue weighted by Crippen LogP contribution is 2.14. The van der Waals surface area contributed by atoms with Crippen LogP contribution in [-0.4, -0.2) is 63.9 Å². The Morgan fingerprint density at radius 1 is 0.444 bits per heavy atom. The van der Waals surface area contributed by atoms with Crippen LogP contribution >= 0.6 is 0 Å². The molecule has 1 unspecified atom stereocenters. The first-order valence-corrected chi connectivity index (χ1v) is 23.8. The molecule has 0 aliphatic carbocycles. The van der Waals surface area contributed by atoms with Crippen LogP contribution < -0.4 is 12.4 Å². The molecule has 0 heterocycles. The summed E-state index contributed by atoms with van der Waals surface area (Å²) < 4.78 is 13.8. The summed E-state index contributed by atoms with van der Waals surface area (Å²) in [4.78, 5) is 10.6. The quantitative estimate of drug-likeness (QED) is 0.0267. The van der Waals surface area contributed by atoms with Crippen molar-refractivity contribution in [2.24, 2.45) is 0 Å². The highest BCUT2D eigenvalue weighted by Gasteiger charge is 2.23. The van der Waals surface area contributed by atoms with E-state index in [0.29, 0.717) is 0 Å². The number of quaternary nitrogens is 1. The molecule has 0 N–H and O–H groups in total. The second kappa shape index (κ2) is 46.7. The van der Waals surface area contributed by atoms with Crippen molar-refractivity contribution in [3.05, 3.63) is 24.3 Å². The second-order valence-corrected chi connectivity index (χ2v) is 17.0. The van der Waals surface area contributed by atoms with Gasteiger partial charge in [-0.15, -0.1) is 0 Å². The molecule has 4 nitrogen and oxygen atoms in total. The monoisotopic (exact) mass is 782 g/mol. The van der Waals surface area contributed by atoms with Crippen molar-refractivity contribution in [3.8, 4) is 0 Å². The average molecular weight is 783 g/mol. The number of rotatable bonds is 45. The van der Waals surface area contributed by atoms with Crippen molar-refractivity contribution >= 4 is 6.29 Å². The zero-order chi connectivity index (χ0) is 38.6. The highest BCUT2D eigenvalue weighted by atomic mass is 35.5. The van der Waals surface area contributed by atoms with Gasteiger partial charge in [-0.3, -0.25) is 0 Å². The Kier molecular flexibility index (Phi) is 47.9. The first-order valence-electron chi connectivity index (χ1n) is 23.8. The third kappa shape index (κ3) is 45.7. The van der Waals surface area contributed by atoms with Crippen molar-refractivity contribution < 1.29 is 31.2 Å². The zero-order valence-electron chi connectivity index (χ0n) is 37.1. The predicted molar refractivity (Wildman–Crippen MR) is 235 cm³/mol. The van der Waals surface area contributed by atoms with E-state index in [2.05, 4.69) is 52.2 Å². The van der Waals surface area contributed by atoms with Gasteiger partial charge in [0, 0.05) is 19.6 Å². The van der Waals surface area contributed by atoms with Gasteiger partial charge in [0.1, 0.15) is 18.9 Å². The van der Waals surface area contributed by atoms with Crippen LogP contribution in [0.25, 0.3) is 0 Å². The molecule has 322 valence electrons. The standard InChI is InChI=1S/C49H96NO3.ClH/c1-5-7-9-11-13-15-17-19-21-23-25-27-29-33-37-41-45-52-48-49(47-50(3,4)43-39-35-31-32-36-40-44-51)53-46-42-38-34-30-28-26-24-22-20-18-16-14-12-10-8-6-2;/h19-22,44,49H,5-18,23-43,45-48H2,1-4H3;1H/q+1;/p-1/b21-19-,22-20-;. The van der Waals surface area contributed by atoms with Crippen LogP contribution in [0.4, 0.5) is 0 Å². The van der Waals surface area contributed by atoms with Gasteiger partial charge in [0.2, 0.25) is 0 Å². The Hall–Kier alpha value is -0.680. The number of hydrogen-bond acceptors (Lipinski definition) is 3. The van der Waals surface area contributed by atoms with Gasteiger partial charge >= 0.3 is 0 Å². The third-order valence-electron chi connectivity index (χ3n) is 10.9. The molecule has 0 radical (unpaired) electrons. The predicted octanol–water partition coefficient (Wildman–Crippen LogP) is 12.1. The summed E-state index contributed by atoms with van der Waals surface area (Å²) in [5.41, 5.74) is 0. The van der Waals surface area contributed by atoms with Crippen molar-refractivity contribution in [3.63, 3.8) is 0 Å². The third-order valence-corrected chi connectivity index (χ3v) is 10.9. The molecular formula is C49H96ClNO3. The molecule has 5 heteroatoms. The van der Waals surface area contributed by atoms with Crippen LogP contribution in [0, 0.1) is 0 Å². The number of carbonyl (C=O) groups excluding carboxylic acids is 1. The molecule has 54 heavy (non-hydrogen) atoms. The van der Waals surface area contributed by atoms with E-state index >= 15 is 0 Å². The molecule has 0 fully saturated rings. The Balaban J connectivity index is 0.